The van der Waals surface area contributed by atoms with Gasteiger partial charge in [-0.3, -0.25) is 0 Å². The number of hydrogen-bond acceptors (Lipinski definition) is 5. The molecule has 0 saturated heterocycles. The summed E-state index contributed by atoms with van der Waals surface area (Å²) in [7, 11) is 0. The Bertz CT molecular complexity index is 1330. The number of furan rings is 1. The largest absolute Gasteiger partial charge is 0.459 e. The average Bonchev–Trinajstić information content (AvgIpc) is 3.32. The second kappa shape index (κ2) is 10.0. The molecule has 0 saturated carbocycles. The maximum atomic E-state index is 6.29. The maximum absolute atomic E-state index is 6.29. The average molecular weight is 510 g/mol. The number of hydrogen-bond donors (Lipinski definition) is 2. The van der Waals surface area contributed by atoms with Gasteiger partial charge in [0.05, 0.1) is 6.54 Å². The van der Waals surface area contributed by atoms with E-state index >= 15 is 0 Å². The molecule has 5 rings (SSSR count). The highest BCUT2D eigenvalue weighted by Crippen LogP contribution is 2.26. The van der Waals surface area contributed by atoms with Crippen LogP contribution in [0.3, 0.4) is 0 Å². The third-order valence-corrected chi connectivity index (χ3v) is 6.27. The third kappa shape index (κ3) is 5.33. The number of benzene rings is 2. The monoisotopic (exact) mass is 509 g/mol. The molecule has 0 unspecified atom stereocenters. The molecule has 2 aromatic heterocycles. The van der Waals surface area contributed by atoms with Crippen molar-refractivity contribution >= 4 is 52.3 Å². The molecular weight excluding hydrogens is 489 g/mol. The van der Waals surface area contributed by atoms with Crippen LogP contribution in [0.4, 0.5) is 11.8 Å². The first-order valence-corrected chi connectivity index (χ1v) is 12.0. The summed E-state index contributed by atoms with van der Waals surface area (Å²) in [6.07, 6.45) is 0.960. The Morgan fingerprint density at radius 2 is 1.79 bits per heavy atom. The molecule has 0 radical (unpaired) electrons. The second-order valence-electron chi connectivity index (χ2n) is 7.89. The minimum absolute atomic E-state index is 0.347. The van der Waals surface area contributed by atoms with Crippen LogP contribution in [0, 0.1) is 0 Å². The van der Waals surface area contributed by atoms with E-state index in [4.69, 9.17) is 39.8 Å². The van der Waals surface area contributed by atoms with Gasteiger partial charge in [0.1, 0.15) is 22.5 Å². The third-order valence-electron chi connectivity index (χ3n) is 5.57. The highest BCUT2D eigenvalue weighted by atomic mass is 35.5. The fourth-order valence-corrected chi connectivity index (χ4v) is 4.34. The molecule has 2 N–H and O–H groups in total. The molecule has 1 aliphatic rings. The zero-order valence-electron chi connectivity index (χ0n) is 18.1. The van der Waals surface area contributed by atoms with Gasteiger partial charge in [0.25, 0.3) is 0 Å². The molecule has 172 valence electrons. The summed E-state index contributed by atoms with van der Waals surface area (Å²) in [5.41, 5.74) is 3.63. The van der Waals surface area contributed by atoms with Gasteiger partial charge >= 0.3 is 0 Å². The Kier molecular flexibility index (Phi) is 6.67. The minimum Gasteiger partial charge on any atom is -0.459 e. The predicted octanol–water partition coefficient (Wildman–Crippen LogP) is 6.09. The van der Waals surface area contributed by atoms with E-state index in [-0.39, 0.29) is 0 Å². The van der Waals surface area contributed by atoms with Gasteiger partial charge in [-0.25, -0.2) is 4.98 Å². The topological polar surface area (TPSA) is 66.2 Å². The lowest BCUT2D eigenvalue weighted by atomic mass is 10.00. The fraction of sp³-hybridized carbons (Fsp3) is 0.160. The molecule has 0 amide bonds. The van der Waals surface area contributed by atoms with Crippen molar-refractivity contribution in [3.05, 3.63) is 93.8 Å². The summed E-state index contributed by atoms with van der Waals surface area (Å²) in [5, 5.41) is 7.56. The molecule has 0 fully saturated rings. The summed E-state index contributed by atoms with van der Waals surface area (Å²) >= 11 is 17.7. The summed E-state index contributed by atoms with van der Waals surface area (Å²) in [6.45, 7) is 2.05. The van der Waals surface area contributed by atoms with Gasteiger partial charge in [0, 0.05) is 29.7 Å². The van der Waals surface area contributed by atoms with Crippen molar-refractivity contribution in [2.45, 2.75) is 19.5 Å². The van der Waals surface area contributed by atoms with Gasteiger partial charge in [-0.1, -0.05) is 47.5 Å². The number of nitrogens with one attached hydrogen (secondary N) is 2. The Labute approximate surface area is 212 Å². The summed E-state index contributed by atoms with van der Waals surface area (Å²) in [6, 6.07) is 21.6. The van der Waals surface area contributed by atoms with Gasteiger partial charge in [-0.05, 0) is 66.2 Å². The molecule has 1 aliphatic heterocycles. The van der Waals surface area contributed by atoms with Crippen LogP contribution in [0.5, 0.6) is 0 Å². The summed E-state index contributed by atoms with van der Waals surface area (Å²) in [4.78, 5) is 11.1. The Morgan fingerprint density at radius 1 is 1.00 bits per heavy atom. The Balaban J connectivity index is 1.21. The molecule has 0 aliphatic carbocycles. The van der Waals surface area contributed by atoms with Gasteiger partial charge in [-0.15, -0.1) is 0 Å². The zero-order chi connectivity index (χ0) is 23.5. The van der Waals surface area contributed by atoms with Crippen LogP contribution in [0.25, 0.3) is 11.3 Å². The lowest BCUT2D eigenvalue weighted by Crippen LogP contribution is -2.32. The van der Waals surface area contributed by atoms with E-state index in [2.05, 4.69) is 49.8 Å². The Morgan fingerprint density at radius 3 is 2.62 bits per heavy atom. The van der Waals surface area contributed by atoms with Crippen LogP contribution < -0.4 is 15.5 Å². The molecule has 0 spiro atoms. The van der Waals surface area contributed by atoms with E-state index < -0.39 is 0 Å². The lowest BCUT2D eigenvalue weighted by molar-refractivity contribution is 0.516. The van der Waals surface area contributed by atoms with Crippen LogP contribution in [-0.2, 0) is 19.5 Å². The van der Waals surface area contributed by atoms with Crippen molar-refractivity contribution in [2.75, 3.05) is 16.8 Å². The summed E-state index contributed by atoms with van der Waals surface area (Å²) in [5.74, 6) is 2.62. The standard InChI is InChI=1S/C25H21Cl2N5OS/c26-19-7-5-17(6-8-19)21-10-9-20(33-21)14-28-25(34)31-24-29-22(27)13-23(30-24)32-12-11-16-3-1-2-4-18(16)15-32/h1-10,13H,11-12,14-15H2,(H2,28,29,30,31,34). The molecule has 9 heteroatoms. The maximum Gasteiger partial charge on any atom is 0.232 e. The first kappa shape index (κ1) is 22.7. The van der Waals surface area contributed by atoms with E-state index in [0.29, 0.717) is 27.8 Å². The minimum atomic E-state index is 0.347. The van der Waals surface area contributed by atoms with Gasteiger partial charge in [-0.2, -0.15) is 4.98 Å². The van der Waals surface area contributed by atoms with Crippen molar-refractivity contribution in [1.82, 2.24) is 15.3 Å². The van der Waals surface area contributed by atoms with E-state index in [9.17, 15) is 0 Å². The number of anilines is 2. The number of fused-ring (bicyclic) bond motifs is 1. The first-order chi connectivity index (χ1) is 16.5. The first-order valence-electron chi connectivity index (χ1n) is 10.8. The molecular formula is C25H21Cl2N5OS. The van der Waals surface area contributed by atoms with E-state index in [1.165, 1.54) is 11.1 Å². The quantitative estimate of drug-likeness (QED) is 0.249. The lowest BCUT2D eigenvalue weighted by Gasteiger charge is -2.30. The van der Waals surface area contributed by atoms with Gasteiger partial charge < -0.3 is 20.0 Å². The van der Waals surface area contributed by atoms with Crippen molar-refractivity contribution < 1.29 is 4.42 Å². The van der Waals surface area contributed by atoms with Crippen LogP contribution in [-0.4, -0.2) is 21.6 Å². The molecule has 0 atom stereocenters. The van der Waals surface area contributed by atoms with Gasteiger partial charge in [0.2, 0.25) is 5.95 Å². The Hall–Kier alpha value is -3.13. The number of rotatable bonds is 5. The SMILES string of the molecule is S=C(NCc1ccc(-c2ccc(Cl)cc2)o1)Nc1nc(Cl)cc(N2CCc3ccccc3C2)n1. The van der Waals surface area contributed by atoms with Crippen molar-refractivity contribution in [1.29, 1.82) is 0 Å². The molecule has 6 nitrogen and oxygen atoms in total. The van der Waals surface area contributed by atoms with E-state index in [1.807, 2.05) is 36.4 Å². The fourth-order valence-electron chi connectivity index (χ4n) is 3.87. The van der Waals surface area contributed by atoms with E-state index in [0.717, 1.165) is 42.4 Å². The smallest absolute Gasteiger partial charge is 0.232 e. The van der Waals surface area contributed by atoms with Gasteiger partial charge in [0.15, 0.2) is 5.11 Å². The van der Waals surface area contributed by atoms with E-state index in [1.54, 1.807) is 6.07 Å². The number of aromatic nitrogens is 2. The molecule has 4 aromatic rings. The zero-order valence-corrected chi connectivity index (χ0v) is 20.4. The van der Waals surface area contributed by atoms with Crippen molar-refractivity contribution in [2.24, 2.45) is 0 Å². The predicted molar refractivity (Wildman–Crippen MR) is 140 cm³/mol. The van der Waals surface area contributed by atoms with Crippen molar-refractivity contribution in [3.63, 3.8) is 0 Å². The number of nitrogens with zero attached hydrogens (tertiary/aromatic N) is 3. The van der Waals surface area contributed by atoms with Crippen LogP contribution in [0.15, 0.2) is 71.1 Å². The normalized spacial score (nSPS) is 12.8. The van der Waals surface area contributed by atoms with Crippen LogP contribution >= 0.6 is 35.4 Å². The molecule has 2 aromatic carbocycles. The second-order valence-corrected chi connectivity index (χ2v) is 9.13. The van der Waals surface area contributed by atoms with Crippen LogP contribution in [0.2, 0.25) is 10.2 Å². The summed E-state index contributed by atoms with van der Waals surface area (Å²) < 4.78 is 5.90. The molecule has 34 heavy (non-hydrogen) atoms. The highest BCUT2D eigenvalue weighted by Gasteiger charge is 2.18. The highest BCUT2D eigenvalue weighted by molar-refractivity contribution is 7.80. The van der Waals surface area contributed by atoms with Crippen LogP contribution in [0.1, 0.15) is 16.9 Å². The molecule has 0 bridgehead atoms. The number of halogens is 2. The number of thiocarbonyl (C=S) groups is 1. The molecule has 3 heterocycles. The van der Waals surface area contributed by atoms with Crippen molar-refractivity contribution in [3.8, 4) is 11.3 Å².